The van der Waals surface area contributed by atoms with Crippen LogP contribution in [0.3, 0.4) is 0 Å². The summed E-state index contributed by atoms with van der Waals surface area (Å²) < 4.78 is 6.10. The first-order valence-corrected chi connectivity index (χ1v) is 8.40. The van der Waals surface area contributed by atoms with Crippen molar-refractivity contribution in [2.45, 2.75) is 50.4 Å². The minimum atomic E-state index is -0.317. The number of nitrogens with zero attached hydrogens (tertiary/aromatic N) is 2. The molecular formula is C17H23N3O2. The lowest BCUT2D eigenvalue weighted by atomic mass is 9.98. The van der Waals surface area contributed by atoms with Gasteiger partial charge in [-0.15, -0.1) is 0 Å². The molecule has 5 nitrogen and oxygen atoms in total. The predicted octanol–water partition coefficient (Wildman–Crippen LogP) is 2.05. The predicted molar refractivity (Wildman–Crippen MR) is 83.5 cm³/mol. The van der Waals surface area contributed by atoms with Crippen LogP contribution in [0.25, 0.3) is 0 Å². The molecule has 3 atom stereocenters. The minimum absolute atomic E-state index is 0.0351. The van der Waals surface area contributed by atoms with Crippen LogP contribution in [0.15, 0.2) is 24.5 Å². The van der Waals surface area contributed by atoms with Gasteiger partial charge in [-0.3, -0.25) is 14.7 Å². The average molecular weight is 301 g/mol. The molecule has 2 aliphatic heterocycles. The van der Waals surface area contributed by atoms with Crippen molar-refractivity contribution in [3.63, 3.8) is 0 Å². The van der Waals surface area contributed by atoms with E-state index in [9.17, 15) is 4.79 Å². The molecule has 3 heterocycles. The Morgan fingerprint density at radius 1 is 1.32 bits per heavy atom. The molecule has 0 bridgehead atoms. The lowest BCUT2D eigenvalue weighted by Crippen LogP contribution is -2.46. The number of likely N-dealkylation sites (tertiary alicyclic amines) is 1. The zero-order valence-electron chi connectivity index (χ0n) is 12.8. The molecule has 0 radical (unpaired) electrons. The maximum Gasteiger partial charge on any atom is 0.253 e. The number of carbonyl (C=O) groups is 1. The van der Waals surface area contributed by atoms with Crippen molar-refractivity contribution < 1.29 is 9.53 Å². The molecule has 1 amide bonds. The summed E-state index contributed by atoms with van der Waals surface area (Å²) in [5.41, 5.74) is 0.736. The van der Waals surface area contributed by atoms with Crippen LogP contribution in [0.4, 0.5) is 5.69 Å². The molecule has 2 saturated heterocycles. The van der Waals surface area contributed by atoms with E-state index in [1.807, 2.05) is 12.1 Å². The van der Waals surface area contributed by atoms with Gasteiger partial charge in [0, 0.05) is 25.3 Å². The maximum atomic E-state index is 12.3. The van der Waals surface area contributed by atoms with Crippen molar-refractivity contribution >= 4 is 11.6 Å². The zero-order valence-corrected chi connectivity index (χ0v) is 12.8. The molecule has 1 saturated carbocycles. The molecule has 22 heavy (non-hydrogen) atoms. The molecular weight excluding hydrogens is 278 g/mol. The summed E-state index contributed by atoms with van der Waals surface area (Å²) in [4.78, 5) is 19.0. The number of aromatic nitrogens is 1. The lowest BCUT2D eigenvalue weighted by Gasteiger charge is -2.35. The van der Waals surface area contributed by atoms with Gasteiger partial charge in [-0.05, 0) is 50.2 Å². The zero-order chi connectivity index (χ0) is 14.9. The molecule has 4 rings (SSSR count). The quantitative estimate of drug-likeness (QED) is 0.925. The Hall–Kier alpha value is -1.46. The molecule has 118 valence electrons. The number of carbonyl (C=O) groups excluding carboxylic acids is 1. The highest BCUT2D eigenvalue weighted by molar-refractivity contribution is 5.94. The SMILES string of the molecule is O=C(Nc1cccnc1)[C@@H]1CC[C@@H]2[C@@H](CCN2CC2CC2)O1. The van der Waals surface area contributed by atoms with Gasteiger partial charge in [0.15, 0.2) is 0 Å². The van der Waals surface area contributed by atoms with Gasteiger partial charge in [0.2, 0.25) is 0 Å². The summed E-state index contributed by atoms with van der Waals surface area (Å²) in [5.74, 6) is 0.887. The van der Waals surface area contributed by atoms with Crippen molar-refractivity contribution in [1.29, 1.82) is 0 Å². The van der Waals surface area contributed by atoms with Crippen molar-refractivity contribution in [2.24, 2.45) is 5.92 Å². The Morgan fingerprint density at radius 3 is 3.00 bits per heavy atom. The van der Waals surface area contributed by atoms with E-state index in [-0.39, 0.29) is 18.1 Å². The first kappa shape index (κ1) is 14.2. The highest BCUT2D eigenvalue weighted by Gasteiger charge is 2.42. The summed E-state index contributed by atoms with van der Waals surface area (Å²) in [5, 5.41) is 2.90. The van der Waals surface area contributed by atoms with Crippen LogP contribution < -0.4 is 5.32 Å². The molecule has 5 heteroatoms. The fourth-order valence-corrected chi connectivity index (χ4v) is 3.73. The van der Waals surface area contributed by atoms with Crippen LogP contribution in [-0.2, 0) is 9.53 Å². The number of nitrogens with one attached hydrogen (secondary N) is 1. The van der Waals surface area contributed by atoms with E-state index < -0.39 is 0 Å². The van der Waals surface area contributed by atoms with Crippen LogP contribution in [0.5, 0.6) is 0 Å². The second-order valence-corrected chi connectivity index (χ2v) is 6.77. The lowest BCUT2D eigenvalue weighted by molar-refractivity contribution is -0.138. The highest BCUT2D eigenvalue weighted by Crippen LogP contribution is 2.36. The second kappa shape index (κ2) is 5.97. The van der Waals surface area contributed by atoms with E-state index in [0.717, 1.165) is 37.4 Å². The molecule has 1 aromatic heterocycles. The van der Waals surface area contributed by atoms with Crippen LogP contribution in [0.2, 0.25) is 0 Å². The monoisotopic (exact) mass is 301 g/mol. The number of fused-ring (bicyclic) bond motifs is 1. The van der Waals surface area contributed by atoms with E-state index in [2.05, 4.69) is 15.2 Å². The Balaban J connectivity index is 1.33. The van der Waals surface area contributed by atoms with E-state index >= 15 is 0 Å². The summed E-state index contributed by atoms with van der Waals surface area (Å²) in [6, 6.07) is 4.20. The van der Waals surface area contributed by atoms with E-state index in [0.29, 0.717) is 6.04 Å². The Kier molecular flexibility index (Phi) is 3.84. The maximum absolute atomic E-state index is 12.3. The second-order valence-electron chi connectivity index (χ2n) is 6.77. The number of hydrogen-bond acceptors (Lipinski definition) is 4. The Bertz CT molecular complexity index is 532. The minimum Gasteiger partial charge on any atom is -0.363 e. The molecule has 0 unspecified atom stereocenters. The molecule has 3 aliphatic rings. The third-order valence-electron chi connectivity index (χ3n) is 5.07. The Labute approximate surface area is 131 Å². The van der Waals surface area contributed by atoms with Crippen molar-refractivity contribution in [3.05, 3.63) is 24.5 Å². The van der Waals surface area contributed by atoms with Gasteiger partial charge >= 0.3 is 0 Å². The van der Waals surface area contributed by atoms with Crippen LogP contribution in [-0.4, -0.2) is 47.1 Å². The Morgan fingerprint density at radius 2 is 2.23 bits per heavy atom. The third-order valence-corrected chi connectivity index (χ3v) is 5.07. The van der Waals surface area contributed by atoms with E-state index in [4.69, 9.17) is 4.74 Å². The molecule has 1 aliphatic carbocycles. The van der Waals surface area contributed by atoms with Gasteiger partial charge in [-0.25, -0.2) is 0 Å². The average Bonchev–Trinajstić information content (AvgIpc) is 3.27. The number of anilines is 1. The number of amides is 1. The summed E-state index contributed by atoms with van der Waals surface area (Å²) >= 11 is 0. The van der Waals surface area contributed by atoms with Gasteiger partial charge in [0.25, 0.3) is 5.91 Å². The molecule has 0 aromatic carbocycles. The highest BCUT2D eigenvalue weighted by atomic mass is 16.5. The van der Waals surface area contributed by atoms with Crippen molar-refractivity contribution in [3.8, 4) is 0 Å². The standard InChI is InChI=1S/C17H23N3O2/c21-17(19-13-2-1-8-18-10-13)16-6-5-14-15(22-16)7-9-20(14)11-12-3-4-12/h1-2,8,10,12,14-16H,3-7,9,11H2,(H,19,21)/t14-,15-,16+/m1/s1. The number of rotatable bonds is 4. The first-order chi connectivity index (χ1) is 10.8. The van der Waals surface area contributed by atoms with Crippen molar-refractivity contribution in [2.75, 3.05) is 18.4 Å². The fraction of sp³-hybridized carbons (Fsp3) is 0.647. The van der Waals surface area contributed by atoms with Gasteiger partial charge in [0.05, 0.1) is 18.0 Å². The van der Waals surface area contributed by atoms with Gasteiger partial charge < -0.3 is 10.1 Å². The van der Waals surface area contributed by atoms with Crippen LogP contribution in [0, 0.1) is 5.92 Å². The van der Waals surface area contributed by atoms with Gasteiger partial charge in [-0.1, -0.05) is 0 Å². The summed E-state index contributed by atoms with van der Waals surface area (Å²) in [6.45, 7) is 2.36. The largest absolute Gasteiger partial charge is 0.363 e. The molecule has 3 fully saturated rings. The molecule has 0 spiro atoms. The van der Waals surface area contributed by atoms with Gasteiger partial charge in [-0.2, -0.15) is 0 Å². The topological polar surface area (TPSA) is 54.5 Å². The number of hydrogen-bond donors (Lipinski definition) is 1. The normalized spacial score (nSPS) is 31.7. The van der Waals surface area contributed by atoms with Crippen LogP contribution >= 0.6 is 0 Å². The number of pyridine rings is 1. The number of ether oxygens (including phenoxy) is 1. The van der Waals surface area contributed by atoms with Crippen LogP contribution in [0.1, 0.15) is 32.1 Å². The smallest absolute Gasteiger partial charge is 0.253 e. The summed E-state index contributed by atoms with van der Waals surface area (Å²) in [6.07, 6.45) is 9.01. The summed E-state index contributed by atoms with van der Waals surface area (Å²) in [7, 11) is 0. The van der Waals surface area contributed by atoms with Gasteiger partial charge in [0.1, 0.15) is 6.10 Å². The van der Waals surface area contributed by atoms with E-state index in [1.54, 1.807) is 12.4 Å². The first-order valence-electron chi connectivity index (χ1n) is 8.40. The third kappa shape index (κ3) is 3.01. The fourth-order valence-electron chi connectivity index (χ4n) is 3.73. The van der Waals surface area contributed by atoms with E-state index in [1.165, 1.54) is 19.4 Å². The molecule has 1 N–H and O–H groups in total. The molecule has 1 aromatic rings. The van der Waals surface area contributed by atoms with Crippen molar-refractivity contribution in [1.82, 2.24) is 9.88 Å².